The molecule has 0 unspecified atom stereocenters. The lowest BCUT2D eigenvalue weighted by molar-refractivity contribution is -0.156. The summed E-state index contributed by atoms with van der Waals surface area (Å²) in [5, 5.41) is 0. The van der Waals surface area contributed by atoms with Crippen molar-refractivity contribution in [1.82, 2.24) is 0 Å². The Labute approximate surface area is 153 Å². The molecule has 1 aliphatic rings. The maximum Gasteiger partial charge on any atom is 0.188 e. The van der Waals surface area contributed by atoms with Gasteiger partial charge in [-0.3, -0.25) is 4.79 Å². The van der Waals surface area contributed by atoms with Gasteiger partial charge in [-0.2, -0.15) is 0 Å². The molecule has 2 atom stereocenters. The minimum Gasteiger partial charge on any atom is -0.497 e. The van der Waals surface area contributed by atoms with Gasteiger partial charge >= 0.3 is 0 Å². The lowest BCUT2D eigenvalue weighted by Gasteiger charge is -2.25. The molecule has 0 aromatic heterocycles. The number of hydrogen-bond donors (Lipinski definition) is 0. The summed E-state index contributed by atoms with van der Waals surface area (Å²) in [4.78, 5) is 12.4. The van der Waals surface area contributed by atoms with Crippen molar-refractivity contribution < 1.29 is 23.7 Å². The van der Waals surface area contributed by atoms with Crippen LogP contribution in [0.3, 0.4) is 0 Å². The molecule has 0 bridgehead atoms. The van der Waals surface area contributed by atoms with E-state index in [-0.39, 0.29) is 18.5 Å². The molecule has 2 aromatic carbocycles. The highest BCUT2D eigenvalue weighted by molar-refractivity contribution is 5.97. The zero-order chi connectivity index (χ0) is 18.6. The lowest BCUT2D eigenvalue weighted by Crippen LogP contribution is -2.28. The van der Waals surface area contributed by atoms with Crippen LogP contribution in [0.2, 0.25) is 0 Å². The summed E-state index contributed by atoms with van der Waals surface area (Å²) >= 11 is 0. The number of ketones is 1. The van der Waals surface area contributed by atoms with E-state index in [0.717, 1.165) is 11.3 Å². The second-order valence-corrected chi connectivity index (χ2v) is 6.66. The van der Waals surface area contributed by atoms with E-state index in [9.17, 15) is 4.79 Å². The second kappa shape index (κ2) is 7.99. The van der Waals surface area contributed by atoms with Gasteiger partial charge in [0.15, 0.2) is 11.6 Å². The Hall–Kier alpha value is -2.21. The zero-order valence-electron chi connectivity index (χ0n) is 15.3. The molecular weight excluding hydrogens is 332 g/mol. The van der Waals surface area contributed by atoms with Crippen molar-refractivity contribution in [2.45, 2.75) is 31.8 Å². The van der Waals surface area contributed by atoms with Crippen LogP contribution in [0.25, 0.3) is 0 Å². The van der Waals surface area contributed by atoms with Gasteiger partial charge in [-0.1, -0.05) is 42.5 Å². The van der Waals surface area contributed by atoms with Crippen LogP contribution in [0.5, 0.6) is 5.75 Å². The molecule has 5 heteroatoms. The van der Waals surface area contributed by atoms with Crippen LogP contribution in [-0.4, -0.2) is 38.0 Å². The summed E-state index contributed by atoms with van der Waals surface area (Å²) in [6, 6.07) is 16.7. The van der Waals surface area contributed by atoms with E-state index in [0.29, 0.717) is 12.2 Å². The summed E-state index contributed by atoms with van der Waals surface area (Å²) in [7, 11) is 1.62. The van der Waals surface area contributed by atoms with Crippen LogP contribution in [0.4, 0.5) is 0 Å². The number of benzene rings is 2. The predicted molar refractivity (Wildman–Crippen MR) is 97.4 cm³/mol. The van der Waals surface area contributed by atoms with Crippen LogP contribution in [-0.2, 0) is 14.2 Å². The number of ether oxygens (including phenoxy) is 4. The number of hydrogen-bond acceptors (Lipinski definition) is 5. The maximum atomic E-state index is 12.4. The number of Topliss-reactive ketones (excluding diaryl/α,β-unsaturated/α-hetero) is 1. The Morgan fingerprint density at radius 2 is 1.85 bits per heavy atom. The van der Waals surface area contributed by atoms with Crippen LogP contribution in [0.15, 0.2) is 54.6 Å². The normalized spacial score (nSPS) is 19.9. The fourth-order valence-electron chi connectivity index (χ4n) is 2.95. The summed E-state index contributed by atoms with van der Waals surface area (Å²) < 4.78 is 22.9. The molecule has 0 radical (unpaired) electrons. The molecule has 2 aromatic rings. The number of methoxy groups -OCH3 is 1. The summed E-state index contributed by atoms with van der Waals surface area (Å²) in [5.41, 5.74) is 1.54. The fraction of sp³-hybridized carbons (Fsp3) is 0.381. The van der Waals surface area contributed by atoms with Gasteiger partial charge in [0.1, 0.15) is 24.6 Å². The third-order valence-electron chi connectivity index (χ3n) is 4.30. The van der Waals surface area contributed by atoms with Crippen molar-refractivity contribution >= 4 is 5.78 Å². The van der Waals surface area contributed by atoms with Gasteiger partial charge in [0.25, 0.3) is 0 Å². The van der Waals surface area contributed by atoms with Gasteiger partial charge in [-0.15, -0.1) is 0 Å². The zero-order valence-corrected chi connectivity index (χ0v) is 15.3. The molecule has 5 nitrogen and oxygen atoms in total. The highest BCUT2D eigenvalue weighted by Crippen LogP contribution is 2.33. The molecular formula is C21H24O5. The molecule has 1 heterocycles. The smallest absolute Gasteiger partial charge is 0.188 e. The molecule has 0 saturated carbocycles. The average Bonchev–Trinajstić information content (AvgIpc) is 3.02. The molecule has 3 rings (SSSR count). The summed E-state index contributed by atoms with van der Waals surface area (Å²) in [6.45, 7) is 4.12. The molecule has 138 valence electrons. The maximum absolute atomic E-state index is 12.4. The molecule has 0 amide bonds. The Balaban J connectivity index is 1.75. The van der Waals surface area contributed by atoms with E-state index >= 15 is 0 Å². The highest BCUT2D eigenvalue weighted by Gasteiger charge is 2.39. The Kier molecular flexibility index (Phi) is 5.71. The van der Waals surface area contributed by atoms with Gasteiger partial charge < -0.3 is 18.9 Å². The Morgan fingerprint density at radius 1 is 1.15 bits per heavy atom. The third-order valence-corrected chi connectivity index (χ3v) is 4.30. The van der Waals surface area contributed by atoms with E-state index in [4.69, 9.17) is 18.9 Å². The number of carbonyl (C=O) groups excluding carboxylic acids is 1. The van der Waals surface area contributed by atoms with E-state index in [1.165, 1.54) is 0 Å². The van der Waals surface area contributed by atoms with Crippen LogP contribution in [0, 0.1) is 0 Å². The van der Waals surface area contributed by atoms with Crippen molar-refractivity contribution in [2.24, 2.45) is 0 Å². The molecule has 0 aliphatic carbocycles. The first kappa shape index (κ1) is 18.6. The van der Waals surface area contributed by atoms with Crippen molar-refractivity contribution in [3.63, 3.8) is 0 Å². The number of carbonyl (C=O) groups is 1. The Morgan fingerprint density at radius 3 is 2.42 bits per heavy atom. The first-order chi connectivity index (χ1) is 12.5. The van der Waals surface area contributed by atoms with Crippen LogP contribution < -0.4 is 4.74 Å². The first-order valence-corrected chi connectivity index (χ1v) is 8.64. The average molecular weight is 356 g/mol. The first-order valence-electron chi connectivity index (χ1n) is 8.64. The molecule has 26 heavy (non-hydrogen) atoms. The van der Waals surface area contributed by atoms with Gasteiger partial charge in [0.2, 0.25) is 0 Å². The molecule has 1 fully saturated rings. The Bertz CT molecular complexity index is 724. The minimum absolute atomic E-state index is 0.0268. The lowest BCUT2D eigenvalue weighted by atomic mass is 10.0. The third kappa shape index (κ3) is 4.49. The SMILES string of the molecule is COc1ccc([C@@H](OCC(=O)c2ccccc2)[C@H]2COC(C)(C)O2)cc1. The van der Waals surface area contributed by atoms with Gasteiger partial charge in [0.05, 0.1) is 13.7 Å². The van der Waals surface area contributed by atoms with E-state index in [1.807, 2.05) is 56.3 Å². The topological polar surface area (TPSA) is 54.0 Å². The van der Waals surface area contributed by atoms with E-state index in [1.54, 1.807) is 19.2 Å². The molecule has 0 N–H and O–H groups in total. The quantitative estimate of drug-likeness (QED) is 0.707. The van der Waals surface area contributed by atoms with Gasteiger partial charge in [-0.25, -0.2) is 0 Å². The van der Waals surface area contributed by atoms with E-state index < -0.39 is 11.9 Å². The minimum atomic E-state index is -0.664. The largest absolute Gasteiger partial charge is 0.497 e. The highest BCUT2D eigenvalue weighted by atomic mass is 16.7. The van der Waals surface area contributed by atoms with Crippen molar-refractivity contribution in [3.05, 3.63) is 65.7 Å². The van der Waals surface area contributed by atoms with Crippen LogP contribution in [0.1, 0.15) is 35.9 Å². The predicted octanol–water partition coefficient (Wildman–Crippen LogP) is 3.79. The van der Waals surface area contributed by atoms with E-state index in [2.05, 4.69) is 0 Å². The number of rotatable bonds is 7. The summed E-state index contributed by atoms with van der Waals surface area (Å²) in [6.07, 6.45) is -0.697. The molecule has 1 aliphatic heterocycles. The standard InChI is InChI=1S/C21H24O5/c1-21(2)25-14-19(26-21)20(16-9-11-17(23-3)12-10-16)24-13-18(22)15-7-5-4-6-8-15/h4-12,19-20H,13-14H2,1-3H3/t19-,20-/m1/s1. The van der Waals surface area contributed by atoms with Crippen LogP contribution >= 0.6 is 0 Å². The fourth-order valence-corrected chi connectivity index (χ4v) is 2.95. The van der Waals surface area contributed by atoms with Gasteiger partial charge in [-0.05, 0) is 31.5 Å². The monoisotopic (exact) mass is 356 g/mol. The second-order valence-electron chi connectivity index (χ2n) is 6.66. The summed E-state index contributed by atoms with van der Waals surface area (Å²) in [5.74, 6) is 0.0291. The van der Waals surface area contributed by atoms with Crippen molar-refractivity contribution in [2.75, 3.05) is 20.3 Å². The van der Waals surface area contributed by atoms with Crippen molar-refractivity contribution in [3.8, 4) is 5.75 Å². The molecule has 0 spiro atoms. The molecule has 1 saturated heterocycles. The van der Waals surface area contributed by atoms with Crippen molar-refractivity contribution in [1.29, 1.82) is 0 Å². The van der Waals surface area contributed by atoms with Gasteiger partial charge in [0, 0.05) is 5.56 Å².